The highest BCUT2D eigenvalue weighted by molar-refractivity contribution is 8.00. The summed E-state index contributed by atoms with van der Waals surface area (Å²) < 4.78 is 1.72. The Labute approximate surface area is 185 Å². The van der Waals surface area contributed by atoms with Gasteiger partial charge >= 0.3 is 0 Å². The molecule has 1 aliphatic heterocycles. The first kappa shape index (κ1) is 20.0. The summed E-state index contributed by atoms with van der Waals surface area (Å²) in [5.74, 6) is 0.537. The van der Waals surface area contributed by atoms with Gasteiger partial charge in [-0.15, -0.1) is 0 Å². The average molecular weight is 433 g/mol. The van der Waals surface area contributed by atoms with Gasteiger partial charge in [-0.25, -0.2) is 9.97 Å². The average Bonchev–Trinajstić information content (AvgIpc) is 3.20. The molecular weight excluding hydrogens is 408 g/mol. The third-order valence-electron chi connectivity index (χ3n) is 5.82. The summed E-state index contributed by atoms with van der Waals surface area (Å²) in [5, 5.41) is 8.52. The number of amides is 1. The van der Waals surface area contributed by atoms with E-state index in [4.69, 9.17) is 0 Å². The van der Waals surface area contributed by atoms with E-state index < -0.39 is 0 Å². The minimum atomic E-state index is 0.158. The van der Waals surface area contributed by atoms with Crippen LogP contribution in [0.3, 0.4) is 0 Å². The first-order chi connectivity index (χ1) is 15.2. The maximum atomic E-state index is 12.8. The van der Waals surface area contributed by atoms with Gasteiger partial charge < -0.3 is 4.90 Å². The number of carbonyl (C=O) groups is 1. The summed E-state index contributed by atoms with van der Waals surface area (Å²) in [4.78, 5) is 25.8. The van der Waals surface area contributed by atoms with E-state index in [0.717, 1.165) is 48.8 Å². The molecule has 0 spiro atoms. The van der Waals surface area contributed by atoms with Gasteiger partial charge in [0, 0.05) is 39.8 Å². The van der Waals surface area contributed by atoms with Crippen molar-refractivity contribution in [3.05, 3.63) is 60.6 Å². The molecule has 1 aliphatic rings. The SMILES string of the molecule is Cn1ncc2c(SCC(=O)N3CCN(Cc4cccc5ccccc45)CC3)ncnc21. The quantitative estimate of drug-likeness (QED) is 0.357. The number of carbonyl (C=O) groups excluding carboxylic acids is 1. The maximum Gasteiger partial charge on any atom is 0.233 e. The number of aromatic nitrogens is 4. The Balaban J connectivity index is 1.17. The number of aryl methyl sites for hydroxylation is 1. The van der Waals surface area contributed by atoms with E-state index in [1.165, 1.54) is 34.4 Å². The van der Waals surface area contributed by atoms with Crippen LogP contribution in [0, 0.1) is 0 Å². The Hall–Kier alpha value is -2.97. The smallest absolute Gasteiger partial charge is 0.233 e. The number of nitrogens with zero attached hydrogens (tertiary/aromatic N) is 6. The Kier molecular flexibility index (Phi) is 5.57. The molecule has 0 N–H and O–H groups in total. The molecule has 31 heavy (non-hydrogen) atoms. The van der Waals surface area contributed by atoms with Gasteiger partial charge in [0.05, 0.1) is 17.3 Å². The van der Waals surface area contributed by atoms with Crippen molar-refractivity contribution in [2.24, 2.45) is 7.05 Å². The van der Waals surface area contributed by atoms with Gasteiger partial charge in [-0.05, 0) is 16.3 Å². The van der Waals surface area contributed by atoms with Crippen LogP contribution in [0.2, 0.25) is 0 Å². The third kappa shape index (κ3) is 4.13. The number of thioether (sulfide) groups is 1. The lowest BCUT2D eigenvalue weighted by atomic mass is 10.0. The molecule has 1 amide bonds. The van der Waals surface area contributed by atoms with E-state index >= 15 is 0 Å². The first-order valence-electron chi connectivity index (χ1n) is 10.4. The van der Waals surface area contributed by atoms with Gasteiger partial charge in [0.1, 0.15) is 11.4 Å². The zero-order valence-electron chi connectivity index (χ0n) is 17.4. The zero-order valence-corrected chi connectivity index (χ0v) is 18.3. The summed E-state index contributed by atoms with van der Waals surface area (Å²) in [6.07, 6.45) is 3.29. The molecule has 158 valence electrons. The normalized spacial score (nSPS) is 15.1. The molecule has 7 nitrogen and oxygen atoms in total. The van der Waals surface area contributed by atoms with Crippen molar-refractivity contribution in [1.82, 2.24) is 29.5 Å². The second-order valence-corrected chi connectivity index (χ2v) is 8.73. The van der Waals surface area contributed by atoms with E-state index in [0.29, 0.717) is 5.75 Å². The molecule has 2 aromatic carbocycles. The topological polar surface area (TPSA) is 67.2 Å². The van der Waals surface area contributed by atoms with E-state index in [-0.39, 0.29) is 5.91 Å². The largest absolute Gasteiger partial charge is 0.339 e. The minimum Gasteiger partial charge on any atom is -0.339 e. The Morgan fingerprint density at radius 1 is 1.00 bits per heavy atom. The summed E-state index contributed by atoms with van der Waals surface area (Å²) in [6, 6.07) is 15.0. The molecule has 2 aromatic heterocycles. The molecule has 3 heterocycles. The van der Waals surface area contributed by atoms with Gasteiger partial charge in [-0.3, -0.25) is 14.4 Å². The fourth-order valence-corrected chi connectivity index (χ4v) is 4.97. The molecule has 0 atom stereocenters. The van der Waals surface area contributed by atoms with Crippen LogP contribution in [-0.2, 0) is 18.4 Å². The summed E-state index contributed by atoms with van der Waals surface area (Å²) in [6.45, 7) is 4.21. The Bertz CT molecular complexity index is 1230. The van der Waals surface area contributed by atoms with Crippen LogP contribution in [0.15, 0.2) is 60.0 Å². The van der Waals surface area contributed by atoms with Crippen molar-refractivity contribution < 1.29 is 4.79 Å². The van der Waals surface area contributed by atoms with Crippen LogP contribution in [0.25, 0.3) is 21.8 Å². The highest BCUT2D eigenvalue weighted by atomic mass is 32.2. The number of rotatable bonds is 5. The highest BCUT2D eigenvalue weighted by Gasteiger charge is 2.22. The second kappa shape index (κ2) is 8.64. The molecule has 8 heteroatoms. The van der Waals surface area contributed by atoms with Crippen LogP contribution >= 0.6 is 11.8 Å². The van der Waals surface area contributed by atoms with Gasteiger partial charge in [-0.1, -0.05) is 54.2 Å². The fraction of sp³-hybridized carbons (Fsp3) is 0.304. The highest BCUT2D eigenvalue weighted by Crippen LogP contribution is 2.24. The molecule has 0 bridgehead atoms. The number of piperazine rings is 1. The Morgan fingerprint density at radius 2 is 1.81 bits per heavy atom. The van der Waals surface area contributed by atoms with Crippen molar-refractivity contribution in [1.29, 1.82) is 0 Å². The van der Waals surface area contributed by atoms with Crippen molar-refractivity contribution >= 4 is 39.5 Å². The summed E-state index contributed by atoms with van der Waals surface area (Å²) >= 11 is 1.46. The maximum absolute atomic E-state index is 12.8. The van der Waals surface area contributed by atoms with Gasteiger partial charge in [0.25, 0.3) is 0 Å². The lowest BCUT2D eigenvalue weighted by Crippen LogP contribution is -2.48. The van der Waals surface area contributed by atoms with Crippen molar-refractivity contribution in [2.45, 2.75) is 11.6 Å². The molecule has 5 rings (SSSR count). The van der Waals surface area contributed by atoms with E-state index in [1.54, 1.807) is 10.9 Å². The predicted molar refractivity (Wildman–Crippen MR) is 123 cm³/mol. The van der Waals surface area contributed by atoms with E-state index in [1.807, 2.05) is 11.9 Å². The number of hydrogen-bond acceptors (Lipinski definition) is 6. The second-order valence-electron chi connectivity index (χ2n) is 7.77. The minimum absolute atomic E-state index is 0.158. The predicted octanol–water partition coefficient (Wildman–Crippen LogP) is 2.95. The molecule has 4 aromatic rings. The van der Waals surface area contributed by atoms with Gasteiger partial charge in [-0.2, -0.15) is 5.10 Å². The molecule has 0 radical (unpaired) electrons. The van der Waals surface area contributed by atoms with Gasteiger partial charge in [0.2, 0.25) is 5.91 Å². The zero-order chi connectivity index (χ0) is 21.2. The first-order valence-corrected chi connectivity index (χ1v) is 11.4. The molecule has 0 aliphatic carbocycles. The number of benzene rings is 2. The lowest BCUT2D eigenvalue weighted by Gasteiger charge is -2.35. The van der Waals surface area contributed by atoms with Crippen molar-refractivity contribution in [2.75, 3.05) is 31.9 Å². The lowest BCUT2D eigenvalue weighted by molar-refractivity contribution is -0.130. The Morgan fingerprint density at radius 3 is 2.68 bits per heavy atom. The standard InChI is InChI=1S/C23H24N6OS/c1-27-22-20(13-26-27)23(25-16-24-22)31-15-21(30)29-11-9-28(10-12-29)14-18-7-4-6-17-5-2-3-8-19(17)18/h2-8,13,16H,9-12,14-15H2,1H3. The third-order valence-corrected chi connectivity index (χ3v) is 6.81. The van der Waals surface area contributed by atoms with Crippen LogP contribution in [0.4, 0.5) is 0 Å². The molecule has 1 fully saturated rings. The van der Waals surface area contributed by atoms with Crippen LogP contribution in [0.1, 0.15) is 5.56 Å². The van der Waals surface area contributed by atoms with Crippen molar-refractivity contribution in [3.63, 3.8) is 0 Å². The number of fused-ring (bicyclic) bond motifs is 2. The van der Waals surface area contributed by atoms with Crippen molar-refractivity contribution in [3.8, 4) is 0 Å². The van der Waals surface area contributed by atoms with Crippen LogP contribution in [-0.4, -0.2) is 67.4 Å². The molecular formula is C23H24N6OS. The summed E-state index contributed by atoms with van der Waals surface area (Å²) in [7, 11) is 1.85. The van der Waals surface area contributed by atoms with E-state index in [2.05, 4.69) is 62.4 Å². The number of hydrogen-bond donors (Lipinski definition) is 0. The van der Waals surface area contributed by atoms with Crippen LogP contribution < -0.4 is 0 Å². The van der Waals surface area contributed by atoms with E-state index in [9.17, 15) is 4.79 Å². The molecule has 0 unspecified atom stereocenters. The monoisotopic (exact) mass is 432 g/mol. The summed E-state index contributed by atoms with van der Waals surface area (Å²) in [5.41, 5.74) is 2.13. The van der Waals surface area contributed by atoms with Crippen LogP contribution in [0.5, 0.6) is 0 Å². The van der Waals surface area contributed by atoms with Gasteiger partial charge in [0.15, 0.2) is 5.65 Å². The molecule has 0 saturated carbocycles. The fourth-order valence-electron chi connectivity index (χ4n) is 4.10. The molecule has 1 saturated heterocycles.